The first-order valence-corrected chi connectivity index (χ1v) is 8.26. The Hall–Kier alpha value is -3.28. The molecule has 0 aromatic heterocycles. The molecule has 0 N–H and O–H groups in total. The van der Waals surface area contributed by atoms with Crippen molar-refractivity contribution in [2.75, 3.05) is 6.54 Å². The average Bonchev–Trinajstić information content (AvgIpc) is 2.64. The van der Waals surface area contributed by atoms with Gasteiger partial charge in [0, 0.05) is 31.7 Å². The average molecular weight is 352 g/mol. The highest BCUT2D eigenvalue weighted by atomic mass is 16.6. The van der Waals surface area contributed by atoms with Crippen LogP contribution in [0.3, 0.4) is 0 Å². The number of imide groups is 1. The maximum absolute atomic E-state index is 12.3. The van der Waals surface area contributed by atoms with Crippen molar-refractivity contribution in [2.45, 2.75) is 19.8 Å². The maximum atomic E-state index is 12.3. The molecule has 0 atom stereocenters. The van der Waals surface area contributed by atoms with Crippen LogP contribution in [0.25, 0.3) is 6.08 Å². The summed E-state index contributed by atoms with van der Waals surface area (Å²) >= 11 is 0. The van der Waals surface area contributed by atoms with Crippen molar-refractivity contribution in [3.8, 4) is 0 Å². The Bertz CT molecular complexity index is 816. The van der Waals surface area contributed by atoms with Crippen LogP contribution < -0.4 is 0 Å². The molecule has 0 saturated heterocycles. The third kappa shape index (κ3) is 5.66. The van der Waals surface area contributed by atoms with Gasteiger partial charge in [-0.05, 0) is 30.0 Å². The summed E-state index contributed by atoms with van der Waals surface area (Å²) < 4.78 is 0. The van der Waals surface area contributed by atoms with Crippen LogP contribution in [0, 0.1) is 10.1 Å². The predicted octanol–water partition coefficient (Wildman–Crippen LogP) is 3.62. The minimum absolute atomic E-state index is 0.0501. The summed E-state index contributed by atoms with van der Waals surface area (Å²) in [7, 11) is 0. The highest BCUT2D eigenvalue weighted by molar-refractivity contribution is 6.02. The number of rotatable bonds is 7. The zero-order chi connectivity index (χ0) is 18.9. The van der Waals surface area contributed by atoms with E-state index in [2.05, 4.69) is 0 Å². The topological polar surface area (TPSA) is 80.5 Å². The lowest BCUT2D eigenvalue weighted by Gasteiger charge is -2.17. The lowest BCUT2D eigenvalue weighted by Crippen LogP contribution is -2.34. The molecule has 0 fully saturated rings. The fourth-order valence-corrected chi connectivity index (χ4v) is 2.51. The van der Waals surface area contributed by atoms with Gasteiger partial charge in [0.1, 0.15) is 0 Å². The molecular weight excluding hydrogens is 332 g/mol. The summed E-state index contributed by atoms with van der Waals surface area (Å²) in [5.74, 6) is -0.760. The molecule has 0 bridgehead atoms. The predicted molar refractivity (Wildman–Crippen MR) is 99.3 cm³/mol. The van der Waals surface area contributed by atoms with Crippen molar-refractivity contribution in [1.29, 1.82) is 0 Å². The summed E-state index contributed by atoms with van der Waals surface area (Å²) in [5.41, 5.74) is 1.63. The number of hydrogen-bond acceptors (Lipinski definition) is 4. The summed E-state index contributed by atoms with van der Waals surface area (Å²) in [6.45, 7) is 1.67. The van der Waals surface area contributed by atoms with Gasteiger partial charge in [-0.2, -0.15) is 0 Å². The Balaban J connectivity index is 1.98. The summed E-state index contributed by atoms with van der Waals surface area (Å²) in [6.07, 6.45) is 4.18. The van der Waals surface area contributed by atoms with E-state index in [1.165, 1.54) is 36.1 Å². The van der Waals surface area contributed by atoms with Gasteiger partial charge in [0.15, 0.2) is 0 Å². The second-order valence-electron chi connectivity index (χ2n) is 5.78. The summed E-state index contributed by atoms with van der Waals surface area (Å²) in [6, 6.07) is 15.8. The molecule has 0 unspecified atom stereocenters. The van der Waals surface area contributed by atoms with Gasteiger partial charge in [-0.1, -0.05) is 42.5 Å². The third-order valence-electron chi connectivity index (χ3n) is 3.84. The van der Waals surface area contributed by atoms with Crippen LogP contribution in [0.1, 0.15) is 24.5 Å². The minimum Gasteiger partial charge on any atom is -0.279 e. The number of nitrogens with zero attached hydrogens (tertiary/aromatic N) is 2. The van der Waals surface area contributed by atoms with E-state index in [0.29, 0.717) is 18.5 Å². The number of carbonyl (C=O) groups excluding carboxylic acids is 2. The maximum Gasteiger partial charge on any atom is 0.270 e. The van der Waals surface area contributed by atoms with E-state index in [-0.39, 0.29) is 11.6 Å². The lowest BCUT2D eigenvalue weighted by molar-refractivity contribution is -0.384. The molecule has 6 nitrogen and oxygen atoms in total. The second kappa shape index (κ2) is 9.27. The van der Waals surface area contributed by atoms with Crippen molar-refractivity contribution in [1.82, 2.24) is 4.90 Å². The first-order chi connectivity index (χ1) is 12.5. The molecule has 26 heavy (non-hydrogen) atoms. The zero-order valence-corrected chi connectivity index (χ0v) is 14.5. The van der Waals surface area contributed by atoms with Gasteiger partial charge in [0.2, 0.25) is 5.91 Å². The number of aryl methyl sites for hydroxylation is 1. The Labute approximate surface area is 151 Å². The largest absolute Gasteiger partial charge is 0.279 e. The van der Waals surface area contributed by atoms with Gasteiger partial charge in [-0.15, -0.1) is 0 Å². The van der Waals surface area contributed by atoms with E-state index in [0.717, 1.165) is 12.0 Å². The molecule has 6 heteroatoms. The number of non-ortho nitro benzene ring substituents is 1. The Morgan fingerprint density at radius 3 is 2.50 bits per heavy atom. The highest BCUT2D eigenvalue weighted by Gasteiger charge is 2.15. The SMILES string of the molecule is CC(=O)N(CCCc1ccccc1)C(=O)C=Cc1cccc([N+](=O)[O-])c1. The second-order valence-corrected chi connectivity index (χ2v) is 5.78. The number of benzene rings is 2. The fourth-order valence-electron chi connectivity index (χ4n) is 2.51. The number of nitro groups is 1. The zero-order valence-electron chi connectivity index (χ0n) is 14.5. The van der Waals surface area contributed by atoms with Crippen LogP contribution in [0.2, 0.25) is 0 Å². The Kier molecular flexibility index (Phi) is 6.79. The normalized spacial score (nSPS) is 10.7. The van der Waals surface area contributed by atoms with Gasteiger partial charge in [-0.25, -0.2) is 0 Å². The summed E-state index contributed by atoms with van der Waals surface area (Å²) in [4.78, 5) is 35.5. The van der Waals surface area contributed by atoms with E-state index in [1.54, 1.807) is 12.1 Å². The molecule has 0 aliphatic carbocycles. The highest BCUT2D eigenvalue weighted by Crippen LogP contribution is 2.14. The molecule has 2 amide bonds. The molecule has 134 valence electrons. The van der Waals surface area contributed by atoms with Gasteiger partial charge < -0.3 is 0 Å². The third-order valence-corrected chi connectivity index (χ3v) is 3.84. The molecule has 0 heterocycles. The number of carbonyl (C=O) groups is 2. The van der Waals surface area contributed by atoms with Crippen LogP contribution in [0.4, 0.5) is 5.69 Å². The standard InChI is InChI=1S/C20H20N2O4/c1-16(23)21(14-6-10-17-7-3-2-4-8-17)20(24)13-12-18-9-5-11-19(15-18)22(25)26/h2-5,7-9,11-13,15H,6,10,14H2,1H3. The van der Waals surface area contributed by atoms with Gasteiger partial charge in [-0.3, -0.25) is 24.6 Å². The van der Waals surface area contributed by atoms with E-state index in [9.17, 15) is 19.7 Å². The van der Waals surface area contributed by atoms with Crippen LogP contribution in [0.15, 0.2) is 60.7 Å². The Morgan fingerprint density at radius 1 is 1.12 bits per heavy atom. The molecule has 0 saturated carbocycles. The molecule has 2 aromatic rings. The number of nitro benzene ring substituents is 1. The van der Waals surface area contributed by atoms with Gasteiger partial charge in [0.05, 0.1) is 4.92 Å². The van der Waals surface area contributed by atoms with Gasteiger partial charge >= 0.3 is 0 Å². The van der Waals surface area contributed by atoms with Crippen LogP contribution >= 0.6 is 0 Å². The van der Waals surface area contributed by atoms with Crippen LogP contribution in [-0.2, 0) is 16.0 Å². The smallest absolute Gasteiger partial charge is 0.270 e. The minimum atomic E-state index is -0.495. The monoisotopic (exact) mass is 352 g/mol. The first-order valence-electron chi connectivity index (χ1n) is 8.26. The molecule has 0 spiro atoms. The number of amides is 2. The Morgan fingerprint density at radius 2 is 1.85 bits per heavy atom. The van der Waals surface area contributed by atoms with Crippen molar-refractivity contribution in [3.05, 3.63) is 81.9 Å². The molecule has 2 rings (SSSR count). The van der Waals surface area contributed by atoms with Crippen molar-refractivity contribution < 1.29 is 14.5 Å². The molecule has 0 aliphatic rings. The number of hydrogen-bond donors (Lipinski definition) is 0. The van der Waals surface area contributed by atoms with E-state index >= 15 is 0 Å². The van der Waals surface area contributed by atoms with Crippen molar-refractivity contribution in [2.24, 2.45) is 0 Å². The molecule has 0 aliphatic heterocycles. The first kappa shape index (κ1) is 19.1. The van der Waals surface area contributed by atoms with Gasteiger partial charge in [0.25, 0.3) is 11.6 Å². The summed E-state index contributed by atoms with van der Waals surface area (Å²) in [5, 5.41) is 10.8. The van der Waals surface area contributed by atoms with E-state index < -0.39 is 10.8 Å². The fraction of sp³-hybridized carbons (Fsp3) is 0.200. The van der Waals surface area contributed by atoms with Crippen LogP contribution in [0.5, 0.6) is 0 Å². The van der Waals surface area contributed by atoms with E-state index in [4.69, 9.17) is 0 Å². The van der Waals surface area contributed by atoms with Crippen LogP contribution in [-0.4, -0.2) is 28.2 Å². The van der Waals surface area contributed by atoms with Crippen molar-refractivity contribution in [3.63, 3.8) is 0 Å². The molecule has 2 aromatic carbocycles. The van der Waals surface area contributed by atoms with Crippen molar-refractivity contribution >= 4 is 23.6 Å². The molecule has 0 radical (unpaired) electrons. The quantitative estimate of drug-likeness (QED) is 0.433. The molecular formula is C20H20N2O4. The lowest BCUT2D eigenvalue weighted by atomic mass is 10.1. The van der Waals surface area contributed by atoms with E-state index in [1.807, 2.05) is 30.3 Å².